The lowest BCUT2D eigenvalue weighted by molar-refractivity contribution is 0.0689. The van der Waals surface area contributed by atoms with Crippen molar-refractivity contribution in [3.63, 3.8) is 0 Å². The molecule has 1 aromatic carbocycles. The highest BCUT2D eigenvalue weighted by Gasteiger charge is 2.22. The highest BCUT2D eigenvalue weighted by atomic mass is 127. The number of carbonyl (C=O) groups excluding carboxylic acids is 1. The van der Waals surface area contributed by atoms with Crippen LogP contribution in [0.4, 0.5) is 0 Å². The van der Waals surface area contributed by atoms with Crippen LogP contribution in [0.25, 0.3) is 0 Å². The second-order valence-corrected chi connectivity index (χ2v) is 6.21. The number of benzene rings is 1. The first-order valence-electron chi connectivity index (χ1n) is 6.37. The Bertz CT molecular complexity index is 480. The highest BCUT2D eigenvalue weighted by molar-refractivity contribution is 14.1. The van der Waals surface area contributed by atoms with Crippen molar-refractivity contribution >= 4 is 40.1 Å². The van der Waals surface area contributed by atoms with Crippen molar-refractivity contribution in [2.24, 2.45) is 0 Å². The van der Waals surface area contributed by atoms with Crippen molar-refractivity contribution in [2.45, 2.75) is 26.3 Å². The summed E-state index contributed by atoms with van der Waals surface area (Å²) < 4.78 is 6.11. The van der Waals surface area contributed by atoms with Crippen molar-refractivity contribution in [2.75, 3.05) is 20.3 Å². The predicted octanol–water partition coefficient (Wildman–Crippen LogP) is 3.19. The molecule has 1 aromatic rings. The van der Waals surface area contributed by atoms with Gasteiger partial charge in [0, 0.05) is 22.8 Å². The number of methoxy groups -OCH3 is 1. The molecule has 20 heavy (non-hydrogen) atoms. The minimum absolute atomic E-state index is 0.0387. The number of hydrogen-bond donors (Lipinski definition) is 1. The van der Waals surface area contributed by atoms with E-state index < -0.39 is 0 Å². The lowest BCUT2D eigenvalue weighted by Gasteiger charge is -2.27. The predicted molar refractivity (Wildman–Crippen MR) is 88.6 cm³/mol. The lowest BCUT2D eigenvalue weighted by atomic mass is 10.1. The summed E-state index contributed by atoms with van der Waals surface area (Å²) in [6.45, 7) is 4.44. The van der Waals surface area contributed by atoms with E-state index in [0.29, 0.717) is 29.3 Å². The summed E-state index contributed by atoms with van der Waals surface area (Å²) in [5, 5.41) is 9.47. The van der Waals surface area contributed by atoms with Crippen molar-refractivity contribution in [3.05, 3.63) is 26.3 Å². The van der Waals surface area contributed by atoms with E-state index in [4.69, 9.17) is 21.4 Å². The second-order valence-electron chi connectivity index (χ2n) is 4.64. The van der Waals surface area contributed by atoms with E-state index in [9.17, 15) is 4.79 Å². The summed E-state index contributed by atoms with van der Waals surface area (Å²) in [5.74, 6) is 0.377. The van der Waals surface area contributed by atoms with Gasteiger partial charge < -0.3 is 14.7 Å². The molecule has 0 aliphatic rings. The Morgan fingerprint density at radius 3 is 2.65 bits per heavy atom. The van der Waals surface area contributed by atoms with Crippen LogP contribution in [-0.2, 0) is 0 Å². The second kappa shape index (κ2) is 8.05. The quantitative estimate of drug-likeness (QED) is 0.732. The van der Waals surface area contributed by atoms with Gasteiger partial charge in [-0.15, -0.1) is 0 Å². The Morgan fingerprint density at radius 2 is 2.15 bits per heavy atom. The van der Waals surface area contributed by atoms with Crippen LogP contribution in [0.1, 0.15) is 30.6 Å². The van der Waals surface area contributed by atoms with E-state index in [1.807, 2.05) is 13.8 Å². The normalized spacial score (nSPS) is 10.8. The third kappa shape index (κ3) is 4.23. The maximum atomic E-state index is 12.6. The molecule has 0 radical (unpaired) electrons. The van der Waals surface area contributed by atoms with Gasteiger partial charge in [-0.25, -0.2) is 0 Å². The van der Waals surface area contributed by atoms with Crippen molar-refractivity contribution in [1.29, 1.82) is 0 Å². The fraction of sp³-hybridized carbons (Fsp3) is 0.500. The van der Waals surface area contributed by atoms with E-state index >= 15 is 0 Å². The number of aliphatic hydroxyl groups excluding tert-OH is 1. The minimum atomic E-state index is -0.136. The van der Waals surface area contributed by atoms with E-state index in [0.717, 1.165) is 3.57 Å². The molecule has 0 unspecified atom stereocenters. The van der Waals surface area contributed by atoms with E-state index in [1.165, 1.54) is 7.11 Å². The molecule has 0 fully saturated rings. The molecule has 0 spiro atoms. The van der Waals surface area contributed by atoms with Crippen LogP contribution < -0.4 is 4.74 Å². The van der Waals surface area contributed by atoms with Crippen LogP contribution in [0.3, 0.4) is 0 Å². The average Bonchev–Trinajstić information content (AvgIpc) is 2.41. The number of amides is 1. The van der Waals surface area contributed by atoms with Crippen LogP contribution in [0.15, 0.2) is 12.1 Å². The maximum absolute atomic E-state index is 12.6. The maximum Gasteiger partial charge on any atom is 0.257 e. The molecule has 0 atom stereocenters. The molecular weight excluding hydrogens is 393 g/mol. The zero-order valence-electron chi connectivity index (χ0n) is 11.8. The van der Waals surface area contributed by atoms with Crippen molar-refractivity contribution in [3.8, 4) is 5.75 Å². The molecule has 0 heterocycles. The third-order valence-electron chi connectivity index (χ3n) is 2.91. The molecule has 1 rings (SSSR count). The molecular formula is C14H19ClINO3. The van der Waals surface area contributed by atoms with Gasteiger partial charge in [0.05, 0.1) is 17.7 Å². The summed E-state index contributed by atoms with van der Waals surface area (Å²) in [7, 11) is 1.53. The molecule has 0 bridgehead atoms. The fourth-order valence-electron chi connectivity index (χ4n) is 1.85. The molecule has 4 nitrogen and oxygen atoms in total. The van der Waals surface area contributed by atoms with Gasteiger partial charge in [-0.1, -0.05) is 11.6 Å². The van der Waals surface area contributed by atoms with Crippen LogP contribution >= 0.6 is 34.2 Å². The minimum Gasteiger partial charge on any atom is -0.496 e. The number of nitrogens with zero attached hydrogens (tertiary/aromatic N) is 1. The van der Waals surface area contributed by atoms with Crippen molar-refractivity contribution < 1.29 is 14.6 Å². The first-order chi connectivity index (χ1) is 9.42. The Morgan fingerprint density at radius 1 is 1.50 bits per heavy atom. The average molecular weight is 412 g/mol. The van der Waals surface area contributed by atoms with Crippen molar-refractivity contribution in [1.82, 2.24) is 4.90 Å². The summed E-state index contributed by atoms with van der Waals surface area (Å²) in [6.07, 6.45) is 0.546. The molecule has 6 heteroatoms. The van der Waals surface area contributed by atoms with Gasteiger partial charge in [-0.2, -0.15) is 0 Å². The number of hydrogen-bond acceptors (Lipinski definition) is 3. The standard InChI is InChI=1S/C14H19ClINO3/c1-9(2)17(5-4-6-18)14(19)10-7-11(15)12(16)8-13(10)20-3/h7-9,18H,4-6H2,1-3H3. The fourth-order valence-corrected chi connectivity index (χ4v) is 2.46. The molecule has 1 amide bonds. The number of rotatable bonds is 6. The number of ether oxygens (including phenoxy) is 1. The lowest BCUT2D eigenvalue weighted by Crippen LogP contribution is -2.38. The third-order valence-corrected chi connectivity index (χ3v) is 4.44. The van der Waals surface area contributed by atoms with Crippen LogP contribution in [0, 0.1) is 3.57 Å². The van der Waals surface area contributed by atoms with Crippen LogP contribution in [0.5, 0.6) is 5.75 Å². The molecule has 0 aromatic heterocycles. The number of aliphatic hydroxyl groups is 1. The van der Waals surface area contributed by atoms with Gasteiger partial charge in [-0.3, -0.25) is 4.79 Å². The topological polar surface area (TPSA) is 49.8 Å². The van der Waals surface area contributed by atoms with Gasteiger partial charge in [0.15, 0.2) is 0 Å². The zero-order valence-corrected chi connectivity index (χ0v) is 14.7. The monoisotopic (exact) mass is 411 g/mol. The van der Waals surface area contributed by atoms with Gasteiger partial charge in [-0.05, 0) is 55.0 Å². The van der Waals surface area contributed by atoms with Crippen LogP contribution in [-0.4, -0.2) is 42.2 Å². The smallest absolute Gasteiger partial charge is 0.257 e. The Balaban J connectivity index is 3.13. The Kier molecular flexibility index (Phi) is 7.05. The highest BCUT2D eigenvalue weighted by Crippen LogP contribution is 2.29. The van der Waals surface area contributed by atoms with E-state index in [1.54, 1.807) is 17.0 Å². The van der Waals surface area contributed by atoms with Gasteiger partial charge in [0.1, 0.15) is 5.75 Å². The van der Waals surface area contributed by atoms with E-state index in [-0.39, 0.29) is 18.6 Å². The molecule has 0 saturated heterocycles. The SMILES string of the molecule is COc1cc(I)c(Cl)cc1C(=O)N(CCCO)C(C)C. The number of carbonyl (C=O) groups is 1. The largest absolute Gasteiger partial charge is 0.496 e. The summed E-state index contributed by atoms with van der Waals surface area (Å²) in [6, 6.07) is 3.43. The van der Waals surface area contributed by atoms with Gasteiger partial charge in [0.2, 0.25) is 0 Å². The molecule has 112 valence electrons. The first kappa shape index (κ1) is 17.5. The number of halogens is 2. The van der Waals surface area contributed by atoms with Gasteiger partial charge >= 0.3 is 0 Å². The molecule has 0 saturated carbocycles. The Labute approximate surface area is 138 Å². The molecule has 0 aliphatic carbocycles. The molecule has 0 aliphatic heterocycles. The summed E-state index contributed by atoms with van der Waals surface area (Å²) in [5.41, 5.74) is 0.449. The molecule has 1 N–H and O–H groups in total. The van der Waals surface area contributed by atoms with Crippen LogP contribution in [0.2, 0.25) is 5.02 Å². The summed E-state index contributed by atoms with van der Waals surface area (Å²) >= 11 is 8.20. The zero-order chi connectivity index (χ0) is 15.3. The van der Waals surface area contributed by atoms with E-state index in [2.05, 4.69) is 22.6 Å². The van der Waals surface area contributed by atoms with Gasteiger partial charge in [0.25, 0.3) is 5.91 Å². The summed E-state index contributed by atoms with van der Waals surface area (Å²) in [4.78, 5) is 14.3. The first-order valence-corrected chi connectivity index (χ1v) is 7.82. The Hall–Kier alpha value is -0.530.